The molecule has 0 bridgehead atoms. The minimum absolute atomic E-state index is 0.180. The zero-order valence-corrected chi connectivity index (χ0v) is 13.4. The molecule has 1 heterocycles. The van der Waals surface area contributed by atoms with Gasteiger partial charge >= 0.3 is 5.97 Å². The third-order valence-electron chi connectivity index (χ3n) is 2.74. The topological polar surface area (TPSA) is 110 Å². The van der Waals surface area contributed by atoms with E-state index in [1.165, 1.54) is 6.08 Å². The van der Waals surface area contributed by atoms with Crippen LogP contribution in [0.15, 0.2) is 29.2 Å². The maximum absolute atomic E-state index is 12.2. The minimum Gasteiger partial charge on any atom is -0.483 e. The summed E-state index contributed by atoms with van der Waals surface area (Å²) in [4.78, 5) is 35.1. The van der Waals surface area contributed by atoms with Crippen LogP contribution in [0.1, 0.15) is 5.56 Å². The number of aliphatic carboxylic acids is 1. The third kappa shape index (κ3) is 4.30. The van der Waals surface area contributed by atoms with Crippen LogP contribution >= 0.6 is 24.0 Å². The van der Waals surface area contributed by atoms with Crippen molar-refractivity contribution in [3.05, 3.63) is 34.7 Å². The number of amides is 2. The number of carbonyl (C=O) groups is 3. The molecular formula is C14H12N2O5S2. The van der Waals surface area contributed by atoms with Gasteiger partial charge in [-0.3, -0.25) is 19.3 Å². The van der Waals surface area contributed by atoms with Gasteiger partial charge in [0.05, 0.1) is 4.91 Å². The zero-order valence-electron chi connectivity index (χ0n) is 11.7. The molecule has 0 atom stereocenters. The van der Waals surface area contributed by atoms with E-state index in [0.29, 0.717) is 11.3 Å². The summed E-state index contributed by atoms with van der Waals surface area (Å²) in [7, 11) is 0. The number of ether oxygens (including phenoxy) is 1. The first-order valence-corrected chi connectivity index (χ1v) is 7.58. The van der Waals surface area contributed by atoms with E-state index in [4.69, 9.17) is 27.8 Å². The van der Waals surface area contributed by atoms with Gasteiger partial charge in [0, 0.05) is 5.56 Å². The van der Waals surface area contributed by atoms with E-state index >= 15 is 0 Å². The lowest BCUT2D eigenvalue weighted by Gasteiger charge is -2.10. The molecule has 2 amide bonds. The minimum atomic E-state index is -1.15. The molecule has 0 saturated carbocycles. The number of carboxylic acid groups (broad SMARTS) is 1. The van der Waals surface area contributed by atoms with Crippen LogP contribution in [0.2, 0.25) is 0 Å². The fourth-order valence-corrected chi connectivity index (χ4v) is 3.04. The zero-order chi connectivity index (χ0) is 17.0. The molecule has 23 heavy (non-hydrogen) atoms. The van der Waals surface area contributed by atoms with Crippen molar-refractivity contribution in [1.29, 1.82) is 0 Å². The number of thioether (sulfide) groups is 1. The second kappa shape index (κ2) is 7.25. The highest BCUT2D eigenvalue weighted by Gasteiger charge is 2.33. The van der Waals surface area contributed by atoms with Gasteiger partial charge in [0.15, 0.2) is 6.61 Å². The van der Waals surface area contributed by atoms with Crippen LogP contribution in [-0.2, 0) is 14.4 Å². The van der Waals surface area contributed by atoms with Gasteiger partial charge in [-0.25, -0.2) is 0 Å². The number of nitrogens with two attached hydrogens (primary N) is 1. The van der Waals surface area contributed by atoms with E-state index in [1.807, 2.05) is 0 Å². The number of benzene rings is 1. The lowest BCUT2D eigenvalue weighted by atomic mass is 10.2. The number of nitrogens with zero attached hydrogens (tertiary/aromatic N) is 1. The number of para-hydroxylation sites is 1. The Hall–Kier alpha value is -2.39. The van der Waals surface area contributed by atoms with E-state index < -0.39 is 24.3 Å². The molecule has 1 aromatic carbocycles. The lowest BCUT2D eigenvalue weighted by Crippen LogP contribution is -2.33. The summed E-state index contributed by atoms with van der Waals surface area (Å²) >= 11 is 6.03. The number of thiocarbonyl (C=S) groups is 1. The van der Waals surface area contributed by atoms with Crippen molar-refractivity contribution < 1.29 is 24.2 Å². The van der Waals surface area contributed by atoms with Crippen molar-refractivity contribution in [2.75, 3.05) is 13.2 Å². The molecule has 1 saturated heterocycles. The van der Waals surface area contributed by atoms with Crippen LogP contribution in [-0.4, -0.2) is 45.3 Å². The molecule has 3 N–H and O–H groups in total. The normalized spacial score (nSPS) is 16.0. The summed E-state index contributed by atoms with van der Waals surface area (Å²) in [6.45, 7) is -0.771. The maximum Gasteiger partial charge on any atom is 0.323 e. The van der Waals surface area contributed by atoms with Crippen LogP contribution in [0.4, 0.5) is 0 Å². The van der Waals surface area contributed by atoms with Gasteiger partial charge < -0.3 is 15.6 Å². The first-order valence-electron chi connectivity index (χ1n) is 6.36. The molecule has 9 heteroatoms. The number of carboxylic acids is 1. The van der Waals surface area contributed by atoms with E-state index in [1.54, 1.807) is 24.3 Å². The molecule has 1 aliphatic rings. The lowest BCUT2D eigenvalue weighted by molar-refractivity contribution is -0.140. The molecule has 1 aromatic rings. The summed E-state index contributed by atoms with van der Waals surface area (Å²) in [5, 5.41) is 8.81. The van der Waals surface area contributed by atoms with Crippen molar-refractivity contribution in [2.24, 2.45) is 5.73 Å². The van der Waals surface area contributed by atoms with Crippen LogP contribution < -0.4 is 10.5 Å². The van der Waals surface area contributed by atoms with E-state index in [2.05, 4.69) is 0 Å². The Bertz CT molecular complexity index is 717. The first-order chi connectivity index (χ1) is 10.9. The molecular weight excluding hydrogens is 340 g/mol. The Morgan fingerprint density at radius 2 is 2.09 bits per heavy atom. The molecule has 120 valence electrons. The summed E-state index contributed by atoms with van der Waals surface area (Å²) in [5.41, 5.74) is 5.60. The van der Waals surface area contributed by atoms with E-state index in [0.717, 1.165) is 16.7 Å². The molecule has 1 fully saturated rings. The monoisotopic (exact) mass is 352 g/mol. The average molecular weight is 352 g/mol. The summed E-state index contributed by atoms with van der Waals surface area (Å²) in [6.07, 6.45) is 1.54. The molecule has 1 aliphatic heterocycles. The second-order valence-corrected chi connectivity index (χ2v) is 6.13. The van der Waals surface area contributed by atoms with Crippen LogP contribution in [0.25, 0.3) is 6.08 Å². The molecule has 0 radical (unpaired) electrons. The smallest absolute Gasteiger partial charge is 0.323 e. The van der Waals surface area contributed by atoms with Crippen molar-refractivity contribution in [3.63, 3.8) is 0 Å². The molecule has 7 nitrogen and oxygen atoms in total. The first kappa shape index (κ1) is 17.0. The second-order valence-electron chi connectivity index (χ2n) is 4.45. The van der Waals surface area contributed by atoms with Crippen LogP contribution in [0.3, 0.4) is 0 Å². The number of rotatable bonds is 6. The Balaban J connectivity index is 2.25. The highest BCUT2D eigenvalue weighted by molar-refractivity contribution is 8.26. The predicted octanol–water partition coefficient (Wildman–Crippen LogP) is 0.836. The van der Waals surface area contributed by atoms with Gasteiger partial charge in [0.1, 0.15) is 16.6 Å². The molecule has 0 aromatic heterocycles. The van der Waals surface area contributed by atoms with Crippen LogP contribution in [0, 0.1) is 0 Å². The summed E-state index contributed by atoms with van der Waals surface area (Å²) in [6, 6.07) is 6.77. The molecule has 0 spiro atoms. The van der Waals surface area contributed by atoms with Gasteiger partial charge in [0.2, 0.25) is 0 Å². The summed E-state index contributed by atoms with van der Waals surface area (Å²) < 4.78 is 5.46. The number of hydrogen-bond donors (Lipinski definition) is 2. The van der Waals surface area contributed by atoms with E-state index in [9.17, 15) is 14.4 Å². The van der Waals surface area contributed by atoms with Crippen LogP contribution in [0.5, 0.6) is 5.75 Å². The highest BCUT2D eigenvalue weighted by atomic mass is 32.2. The Labute approximate surface area is 141 Å². The average Bonchev–Trinajstić information content (AvgIpc) is 2.73. The SMILES string of the molecule is NC(=O)COc1ccccc1/C=C1/SC(=S)N(CC(=O)O)C1=O. The van der Waals surface area contributed by atoms with Crippen molar-refractivity contribution in [1.82, 2.24) is 4.90 Å². The van der Waals surface area contributed by atoms with Crippen molar-refractivity contribution in [3.8, 4) is 5.75 Å². The number of hydrogen-bond acceptors (Lipinski definition) is 6. The Morgan fingerprint density at radius 1 is 1.39 bits per heavy atom. The van der Waals surface area contributed by atoms with Crippen molar-refractivity contribution >= 4 is 52.2 Å². The predicted molar refractivity (Wildman–Crippen MR) is 88.6 cm³/mol. The van der Waals surface area contributed by atoms with Gasteiger partial charge in [-0.05, 0) is 12.1 Å². The quantitative estimate of drug-likeness (QED) is 0.576. The summed E-state index contributed by atoms with van der Waals surface area (Å²) in [5.74, 6) is -1.86. The molecule has 0 aliphatic carbocycles. The highest BCUT2D eigenvalue weighted by Crippen LogP contribution is 2.34. The van der Waals surface area contributed by atoms with Gasteiger partial charge in [-0.15, -0.1) is 0 Å². The molecule has 0 unspecified atom stereocenters. The fraction of sp³-hybridized carbons (Fsp3) is 0.143. The Morgan fingerprint density at radius 3 is 2.74 bits per heavy atom. The van der Waals surface area contributed by atoms with Gasteiger partial charge in [0.25, 0.3) is 11.8 Å². The van der Waals surface area contributed by atoms with Gasteiger partial charge in [-0.1, -0.05) is 42.2 Å². The van der Waals surface area contributed by atoms with Crippen molar-refractivity contribution in [2.45, 2.75) is 0 Å². The number of carbonyl (C=O) groups excluding carboxylic acids is 2. The standard InChI is InChI=1S/C14H12N2O5S2/c15-11(17)7-21-9-4-2-1-3-8(9)5-10-13(20)16(6-12(18)19)14(22)23-10/h1-5H,6-7H2,(H2,15,17)(H,18,19)/b10-5+. The fourth-order valence-electron chi connectivity index (χ4n) is 1.79. The Kier molecular flexibility index (Phi) is 5.35. The molecule has 2 rings (SSSR count). The number of primary amides is 1. The third-order valence-corrected chi connectivity index (χ3v) is 4.12. The van der Waals surface area contributed by atoms with E-state index in [-0.39, 0.29) is 15.8 Å². The largest absolute Gasteiger partial charge is 0.483 e. The van der Waals surface area contributed by atoms with Gasteiger partial charge in [-0.2, -0.15) is 0 Å². The maximum atomic E-state index is 12.2.